The van der Waals surface area contributed by atoms with Gasteiger partial charge in [-0.1, -0.05) is 6.07 Å². The zero-order valence-electron chi connectivity index (χ0n) is 13.5. The molecule has 0 unspecified atom stereocenters. The van der Waals surface area contributed by atoms with Crippen molar-refractivity contribution in [3.8, 4) is 5.75 Å². The summed E-state index contributed by atoms with van der Waals surface area (Å²) in [7, 11) is 1.57. The van der Waals surface area contributed by atoms with Crippen LogP contribution in [0.2, 0.25) is 0 Å². The Balaban J connectivity index is 0.000000593. The predicted molar refractivity (Wildman–Crippen MR) is 94.0 cm³/mol. The minimum atomic E-state index is -0.203. The van der Waals surface area contributed by atoms with E-state index in [9.17, 15) is 9.59 Å². The maximum atomic E-state index is 12.2. The Morgan fingerprint density at radius 1 is 1.17 bits per heavy atom. The summed E-state index contributed by atoms with van der Waals surface area (Å²) in [6.07, 6.45) is 1.63. The number of nitrogens with one attached hydrogen (secondary N) is 1. The Hall–Kier alpha value is -2.21. The number of anilines is 1. The maximum Gasteiger partial charge on any atom is 0.257 e. The van der Waals surface area contributed by atoms with E-state index in [1.807, 2.05) is 25.1 Å². The molecule has 1 aromatic heterocycles. The van der Waals surface area contributed by atoms with E-state index in [0.29, 0.717) is 17.1 Å². The fraction of sp³-hybridized carbons (Fsp3) is 0.235. The van der Waals surface area contributed by atoms with Gasteiger partial charge >= 0.3 is 0 Å². The van der Waals surface area contributed by atoms with Crippen molar-refractivity contribution in [3.63, 3.8) is 0 Å². The Morgan fingerprint density at radius 2 is 1.83 bits per heavy atom. The summed E-state index contributed by atoms with van der Waals surface area (Å²) in [5, 5.41) is 2.75. The van der Waals surface area contributed by atoms with E-state index in [2.05, 4.69) is 26.2 Å². The van der Waals surface area contributed by atoms with Crippen LogP contribution in [0.15, 0.2) is 41.0 Å². The first-order chi connectivity index (χ1) is 10.8. The summed E-state index contributed by atoms with van der Waals surface area (Å²) >= 11 is 3.30. The average Bonchev–Trinajstić information content (AvgIpc) is 2.49. The van der Waals surface area contributed by atoms with Crippen LogP contribution in [-0.4, -0.2) is 23.8 Å². The van der Waals surface area contributed by atoms with Crippen LogP contribution in [0, 0.1) is 6.92 Å². The highest BCUT2D eigenvalue weighted by molar-refractivity contribution is 9.10. The lowest BCUT2D eigenvalue weighted by Crippen LogP contribution is -2.14. The van der Waals surface area contributed by atoms with Crippen molar-refractivity contribution in [1.82, 2.24) is 4.98 Å². The van der Waals surface area contributed by atoms with E-state index in [4.69, 9.17) is 4.74 Å². The van der Waals surface area contributed by atoms with Gasteiger partial charge in [-0.3, -0.25) is 4.79 Å². The third-order valence-corrected chi connectivity index (χ3v) is 3.13. The fourth-order valence-corrected chi connectivity index (χ4v) is 1.84. The van der Waals surface area contributed by atoms with Crippen LogP contribution in [0.25, 0.3) is 0 Å². The molecule has 1 heterocycles. The summed E-state index contributed by atoms with van der Waals surface area (Å²) in [6, 6.07) is 8.94. The molecule has 1 N–H and O–H groups in total. The quantitative estimate of drug-likeness (QED) is 0.875. The van der Waals surface area contributed by atoms with Crippen molar-refractivity contribution in [2.24, 2.45) is 0 Å². The highest BCUT2D eigenvalue weighted by Gasteiger charge is 2.11. The molecule has 0 spiro atoms. The normalized spacial score (nSPS) is 9.43. The molecule has 2 rings (SSSR count). The summed E-state index contributed by atoms with van der Waals surface area (Å²) < 4.78 is 5.99. The third-order valence-electron chi connectivity index (χ3n) is 2.66. The first kappa shape index (κ1) is 18.8. The first-order valence-corrected chi connectivity index (χ1v) is 7.67. The molecule has 2 aromatic rings. The molecule has 122 valence electrons. The van der Waals surface area contributed by atoms with Gasteiger partial charge in [0.1, 0.15) is 17.4 Å². The Morgan fingerprint density at radius 3 is 2.35 bits per heavy atom. The SMILES string of the molecule is CC(C)=O.COc1ccc(C)c(C(=O)Nc2ccc(Br)cn2)c1. The Labute approximate surface area is 144 Å². The zero-order chi connectivity index (χ0) is 17.4. The summed E-state index contributed by atoms with van der Waals surface area (Å²) in [6.45, 7) is 4.93. The van der Waals surface area contributed by atoms with Gasteiger partial charge in [0.05, 0.1) is 7.11 Å². The highest BCUT2D eigenvalue weighted by atomic mass is 79.9. The van der Waals surface area contributed by atoms with Crippen LogP contribution in [0.5, 0.6) is 5.75 Å². The van der Waals surface area contributed by atoms with Gasteiger partial charge in [-0.15, -0.1) is 0 Å². The number of methoxy groups -OCH3 is 1. The van der Waals surface area contributed by atoms with E-state index >= 15 is 0 Å². The van der Waals surface area contributed by atoms with E-state index in [0.717, 1.165) is 10.0 Å². The number of carbonyl (C=O) groups excluding carboxylic acids is 2. The molecule has 0 radical (unpaired) electrons. The minimum Gasteiger partial charge on any atom is -0.497 e. The molecule has 1 aromatic carbocycles. The maximum absolute atomic E-state index is 12.2. The summed E-state index contributed by atoms with van der Waals surface area (Å²) in [4.78, 5) is 25.7. The first-order valence-electron chi connectivity index (χ1n) is 6.88. The monoisotopic (exact) mass is 378 g/mol. The van der Waals surface area contributed by atoms with Gasteiger partial charge in [0.2, 0.25) is 0 Å². The number of halogens is 1. The molecule has 0 bridgehead atoms. The van der Waals surface area contributed by atoms with E-state index in [1.54, 1.807) is 25.4 Å². The topological polar surface area (TPSA) is 68.3 Å². The Kier molecular flexibility index (Phi) is 7.41. The van der Waals surface area contributed by atoms with Crippen molar-refractivity contribution < 1.29 is 14.3 Å². The van der Waals surface area contributed by atoms with Gasteiger partial charge in [-0.2, -0.15) is 0 Å². The van der Waals surface area contributed by atoms with Crippen molar-refractivity contribution >= 4 is 33.4 Å². The van der Waals surface area contributed by atoms with Gasteiger partial charge < -0.3 is 14.8 Å². The van der Waals surface area contributed by atoms with Crippen molar-refractivity contribution in [2.75, 3.05) is 12.4 Å². The number of carbonyl (C=O) groups is 2. The zero-order valence-corrected chi connectivity index (χ0v) is 15.1. The van der Waals surface area contributed by atoms with Gasteiger partial charge in [0.25, 0.3) is 5.91 Å². The molecule has 23 heavy (non-hydrogen) atoms. The molecule has 5 nitrogen and oxygen atoms in total. The average molecular weight is 379 g/mol. The van der Waals surface area contributed by atoms with E-state index in [-0.39, 0.29) is 11.7 Å². The van der Waals surface area contributed by atoms with Gasteiger partial charge in [0, 0.05) is 16.2 Å². The molecule has 1 amide bonds. The number of rotatable bonds is 3. The second-order valence-corrected chi connectivity index (χ2v) is 5.82. The largest absolute Gasteiger partial charge is 0.497 e. The van der Waals surface area contributed by atoms with Crippen LogP contribution in [-0.2, 0) is 4.79 Å². The smallest absolute Gasteiger partial charge is 0.257 e. The number of benzene rings is 1. The van der Waals surface area contributed by atoms with E-state index < -0.39 is 0 Å². The van der Waals surface area contributed by atoms with Gasteiger partial charge in [-0.05, 0) is 66.5 Å². The lowest BCUT2D eigenvalue weighted by molar-refractivity contribution is -0.114. The van der Waals surface area contributed by atoms with Crippen LogP contribution >= 0.6 is 15.9 Å². The van der Waals surface area contributed by atoms with Crippen molar-refractivity contribution in [2.45, 2.75) is 20.8 Å². The van der Waals surface area contributed by atoms with Crippen LogP contribution in [0.1, 0.15) is 29.8 Å². The summed E-state index contributed by atoms with van der Waals surface area (Å²) in [5.41, 5.74) is 1.46. The van der Waals surface area contributed by atoms with E-state index in [1.165, 1.54) is 13.8 Å². The van der Waals surface area contributed by atoms with Crippen molar-refractivity contribution in [1.29, 1.82) is 0 Å². The van der Waals surface area contributed by atoms with Crippen molar-refractivity contribution in [3.05, 3.63) is 52.1 Å². The number of hydrogen-bond donors (Lipinski definition) is 1. The molecular formula is C17H19BrN2O3. The molecule has 0 saturated heterocycles. The lowest BCUT2D eigenvalue weighted by atomic mass is 10.1. The summed E-state index contributed by atoms with van der Waals surface area (Å²) in [5.74, 6) is 1.13. The second kappa shape index (κ2) is 9.05. The van der Waals surface area contributed by atoms with Gasteiger partial charge in [0.15, 0.2) is 0 Å². The highest BCUT2D eigenvalue weighted by Crippen LogP contribution is 2.18. The fourth-order valence-electron chi connectivity index (χ4n) is 1.61. The third kappa shape index (κ3) is 6.61. The molecule has 0 fully saturated rings. The Bertz CT molecular complexity index is 681. The number of Topliss-reactive ketones (excluding diaryl/α,β-unsaturated/α-hetero) is 1. The molecule has 0 atom stereocenters. The van der Waals surface area contributed by atoms with Crippen LogP contribution < -0.4 is 10.1 Å². The lowest BCUT2D eigenvalue weighted by Gasteiger charge is -2.09. The van der Waals surface area contributed by atoms with Crippen LogP contribution in [0.4, 0.5) is 5.82 Å². The molecular weight excluding hydrogens is 360 g/mol. The molecule has 6 heteroatoms. The number of aromatic nitrogens is 1. The number of pyridine rings is 1. The standard InChI is InChI=1S/C14H13BrN2O2.C3H6O/c1-9-3-5-11(19-2)7-12(9)14(18)17-13-6-4-10(15)8-16-13;1-3(2)4/h3-8H,1-2H3,(H,16,17,18);1-2H3. The van der Waals surface area contributed by atoms with Gasteiger partial charge in [-0.25, -0.2) is 4.98 Å². The molecule has 0 aliphatic heterocycles. The number of ketones is 1. The van der Waals surface area contributed by atoms with Crippen LogP contribution in [0.3, 0.4) is 0 Å². The minimum absolute atomic E-state index is 0.167. The second-order valence-electron chi connectivity index (χ2n) is 4.90. The number of hydrogen-bond acceptors (Lipinski definition) is 4. The number of aryl methyl sites for hydroxylation is 1. The number of nitrogens with zero attached hydrogens (tertiary/aromatic N) is 1. The molecule has 0 aliphatic rings. The number of amides is 1. The predicted octanol–water partition coefficient (Wildman–Crippen LogP) is 4.01. The molecule has 0 aliphatic carbocycles. The molecule has 0 saturated carbocycles. The number of ether oxygens (including phenoxy) is 1.